The van der Waals surface area contributed by atoms with Crippen LogP contribution in [0.1, 0.15) is 65.1 Å². The molecule has 0 aromatic carbocycles. The molecule has 5 nitrogen and oxygen atoms in total. The number of aliphatic hydroxyl groups is 1. The highest BCUT2D eigenvalue weighted by Gasteiger charge is 2.36. The second-order valence-corrected chi connectivity index (χ2v) is 7.63. The van der Waals surface area contributed by atoms with E-state index in [0.29, 0.717) is 17.6 Å². The van der Waals surface area contributed by atoms with Crippen LogP contribution in [0, 0.1) is 12.3 Å². The zero-order chi connectivity index (χ0) is 15.8. The van der Waals surface area contributed by atoms with Gasteiger partial charge >= 0.3 is 0 Å². The fourth-order valence-corrected chi connectivity index (χ4v) is 2.93. The number of hydrogen-bond acceptors (Lipinski definition) is 4. The smallest absolute Gasteiger partial charge is 0.148 e. The minimum absolute atomic E-state index is 0.239. The van der Waals surface area contributed by atoms with Crippen molar-refractivity contribution in [2.45, 2.75) is 71.9 Å². The molecule has 5 heteroatoms. The summed E-state index contributed by atoms with van der Waals surface area (Å²) in [6.45, 7) is 11.1. The van der Waals surface area contributed by atoms with Crippen molar-refractivity contribution in [3.8, 4) is 0 Å². The highest BCUT2D eigenvalue weighted by Crippen LogP contribution is 2.40. The third-order valence-electron chi connectivity index (χ3n) is 4.74. The third-order valence-corrected chi connectivity index (χ3v) is 4.74. The largest absolute Gasteiger partial charge is 0.394 e. The molecule has 1 aliphatic rings. The van der Waals surface area contributed by atoms with E-state index in [-0.39, 0.29) is 6.04 Å². The monoisotopic (exact) mass is 294 g/mol. The van der Waals surface area contributed by atoms with Gasteiger partial charge in [-0.2, -0.15) is 5.10 Å². The van der Waals surface area contributed by atoms with Crippen LogP contribution in [0.15, 0.2) is 0 Å². The zero-order valence-corrected chi connectivity index (χ0v) is 14.0. The number of aryl methyl sites for hydroxylation is 1. The number of nitrogens with two attached hydrogens (primary N) is 1. The molecule has 1 heterocycles. The van der Waals surface area contributed by atoms with Crippen LogP contribution in [0.25, 0.3) is 0 Å². The molecule has 1 aromatic heterocycles. The maximum Gasteiger partial charge on any atom is 0.148 e. The Balaban J connectivity index is 2.07. The molecule has 0 aliphatic heterocycles. The minimum Gasteiger partial charge on any atom is -0.394 e. The molecule has 0 bridgehead atoms. The van der Waals surface area contributed by atoms with E-state index < -0.39 is 5.60 Å². The number of nitrogen functional groups attached to an aromatic ring is 1. The second kappa shape index (κ2) is 5.52. The molecule has 1 fully saturated rings. The van der Waals surface area contributed by atoms with Crippen LogP contribution in [0.4, 0.5) is 11.5 Å². The first kappa shape index (κ1) is 16.1. The lowest BCUT2D eigenvalue weighted by Crippen LogP contribution is -2.42. The lowest BCUT2D eigenvalue weighted by Gasteiger charge is -2.40. The number of nitrogens with one attached hydrogen (secondary N) is 1. The third kappa shape index (κ3) is 3.51. The van der Waals surface area contributed by atoms with Gasteiger partial charge in [-0.1, -0.05) is 13.8 Å². The summed E-state index contributed by atoms with van der Waals surface area (Å²) in [5.41, 5.74) is 7.35. The van der Waals surface area contributed by atoms with Gasteiger partial charge in [-0.15, -0.1) is 0 Å². The molecule has 4 N–H and O–H groups in total. The fourth-order valence-electron chi connectivity index (χ4n) is 2.93. The summed E-state index contributed by atoms with van der Waals surface area (Å²) in [4.78, 5) is 0. The second-order valence-electron chi connectivity index (χ2n) is 7.63. The number of nitrogens with zero attached hydrogens (tertiary/aromatic N) is 2. The Kier molecular flexibility index (Phi) is 4.24. The summed E-state index contributed by atoms with van der Waals surface area (Å²) in [7, 11) is 0. The summed E-state index contributed by atoms with van der Waals surface area (Å²) >= 11 is 0. The molecule has 1 aromatic rings. The predicted octanol–water partition coefficient (Wildman–Crippen LogP) is 3.10. The molecule has 0 atom stereocenters. The van der Waals surface area contributed by atoms with Gasteiger partial charge in [-0.05, 0) is 51.9 Å². The fraction of sp³-hybridized carbons (Fsp3) is 0.812. The van der Waals surface area contributed by atoms with Crippen molar-refractivity contribution in [3.05, 3.63) is 5.69 Å². The van der Waals surface area contributed by atoms with Crippen molar-refractivity contribution in [2.75, 3.05) is 17.6 Å². The molecular weight excluding hydrogens is 264 g/mol. The van der Waals surface area contributed by atoms with Gasteiger partial charge in [-0.3, -0.25) is 0 Å². The Morgan fingerprint density at radius 3 is 2.38 bits per heavy atom. The Bertz CT molecular complexity index is 495. The molecular formula is C16H30N4O. The molecule has 0 amide bonds. The van der Waals surface area contributed by atoms with Gasteiger partial charge in [-0.25, -0.2) is 4.68 Å². The summed E-state index contributed by atoms with van der Waals surface area (Å²) in [5.74, 6) is 0.834. The lowest BCUT2D eigenvalue weighted by atomic mass is 9.71. The number of anilines is 2. The van der Waals surface area contributed by atoms with Crippen molar-refractivity contribution >= 4 is 11.5 Å². The Labute approximate surface area is 127 Å². The van der Waals surface area contributed by atoms with Gasteiger partial charge in [0, 0.05) is 12.6 Å². The first-order valence-corrected chi connectivity index (χ1v) is 7.94. The quantitative estimate of drug-likeness (QED) is 0.797. The SMILES string of the molecule is Cc1nn(C(C)C)c(NCC2(O)CCC(C)(C)CC2)c1N. The first-order valence-electron chi connectivity index (χ1n) is 7.94. The first-order chi connectivity index (χ1) is 9.64. The van der Waals surface area contributed by atoms with Gasteiger partial charge in [0.2, 0.25) is 0 Å². The molecule has 2 rings (SSSR count). The van der Waals surface area contributed by atoms with Gasteiger partial charge < -0.3 is 16.2 Å². The summed E-state index contributed by atoms with van der Waals surface area (Å²) in [5, 5.41) is 18.6. The molecule has 0 saturated heterocycles. The molecule has 120 valence electrons. The Morgan fingerprint density at radius 1 is 1.29 bits per heavy atom. The molecule has 1 saturated carbocycles. The predicted molar refractivity (Wildman–Crippen MR) is 87.4 cm³/mol. The molecule has 0 radical (unpaired) electrons. The summed E-state index contributed by atoms with van der Waals surface area (Å²) in [6, 6.07) is 0.239. The topological polar surface area (TPSA) is 76.1 Å². The van der Waals surface area contributed by atoms with Crippen LogP contribution < -0.4 is 11.1 Å². The van der Waals surface area contributed by atoms with E-state index in [1.54, 1.807) is 0 Å². The van der Waals surface area contributed by atoms with Crippen LogP contribution in [-0.4, -0.2) is 27.0 Å². The normalized spacial score (nSPS) is 20.7. The number of hydrogen-bond donors (Lipinski definition) is 3. The summed E-state index contributed by atoms with van der Waals surface area (Å²) in [6.07, 6.45) is 3.79. The summed E-state index contributed by atoms with van der Waals surface area (Å²) < 4.78 is 1.90. The van der Waals surface area contributed by atoms with Crippen molar-refractivity contribution in [1.82, 2.24) is 9.78 Å². The van der Waals surface area contributed by atoms with Crippen molar-refractivity contribution in [3.63, 3.8) is 0 Å². The van der Waals surface area contributed by atoms with Crippen molar-refractivity contribution in [2.24, 2.45) is 5.41 Å². The van der Waals surface area contributed by atoms with E-state index >= 15 is 0 Å². The standard InChI is InChI=1S/C16H30N4O/c1-11(2)20-14(13(17)12(3)19-20)18-10-16(21)8-6-15(4,5)7-9-16/h11,18,21H,6-10,17H2,1-5H3. The molecule has 0 spiro atoms. The average Bonchev–Trinajstić information content (AvgIpc) is 2.68. The Hall–Kier alpha value is -1.23. The highest BCUT2D eigenvalue weighted by atomic mass is 16.3. The van der Waals surface area contributed by atoms with E-state index in [1.807, 2.05) is 11.6 Å². The zero-order valence-electron chi connectivity index (χ0n) is 14.0. The maximum absolute atomic E-state index is 10.8. The highest BCUT2D eigenvalue weighted by molar-refractivity contribution is 5.65. The van der Waals surface area contributed by atoms with Gasteiger partial charge in [0.25, 0.3) is 0 Å². The van der Waals surface area contributed by atoms with E-state index in [2.05, 4.69) is 38.1 Å². The molecule has 0 unspecified atom stereocenters. The van der Waals surface area contributed by atoms with Gasteiger partial charge in [0.15, 0.2) is 0 Å². The van der Waals surface area contributed by atoms with Crippen LogP contribution in [0.2, 0.25) is 0 Å². The van der Waals surface area contributed by atoms with Crippen molar-refractivity contribution < 1.29 is 5.11 Å². The Morgan fingerprint density at radius 2 is 1.86 bits per heavy atom. The van der Waals surface area contributed by atoms with E-state index in [0.717, 1.165) is 37.2 Å². The maximum atomic E-state index is 10.8. The van der Waals surface area contributed by atoms with Gasteiger partial charge in [0.05, 0.1) is 17.0 Å². The molecule has 1 aliphatic carbocycles. The van der Waals surface area contributed by atoms with Crippen molar-refractivity contribution in [1.29, 1.82) is 0 Å². The van der Waals surface area contributed by atoms with Crippen LogP contribution in [-0.2, 0) is 0 Å². The van der Waals surface area contributed by atoms with Crippen LogP contribution in [0.3, 0.4) is 0 Å². The minimum atomic E-state index is -0.637. The number of rotatable bonds is 4. The van der Waals surface area contributed by atoms with E-state index in [1.165, 1.54) is 0 Å². The van der Waals surface area contributed by atoms with E-state index in [4.69, 9.17) is 5.73 Å². The average molecular weight is 294 g/mol. The van der Waals surface area contributed by atoms with E-state index in [9.17, 15) is 5.11 Å². The number of aromatic nitrogens is 2. The molecule has 21 heavy (non-hydrogen) atoms. The lowest BCUT2D eigenvalue weighted by molar-refractivity contribution is -0.0146. The van der Waals surface area contributed by atoms with Crippen LogP contribution >= 0.6 is 0 Å². The van der Waals surface area contributed by atoms with Gasteiger partial charge in [0.1, 0.15) is 5.82 Å². The van der Waals surface area contributed by atoms with Crippen LogP contribution in [0.5, 0.6) is 0 Å².